The largest absolute Gasteiger partial charge is 0.480 e. The van der Waals surface area contributed by atoms with E-state index in [1.54, 1.807) is 12.1 Å². The van der Waals surface area contributed by atoms with Gasteiger partial charge in [-0.3, -0.25) is 0 Å². The van der Waals surface area contributed by atoms with Crippen molar-refractivity contribution in [3.8, 4) is 0 Å². The van der Waals surface area contributed by atoms with Crippen LogP contribution in [0.1, 0.15) is 32.6 Å². The summed E-state index contributed by atoms with van der Waals surface area (Å²) >= 11 is 2.18. The fourth-order valence-electron chi connectivity index (χ4n) is 2.56. The predicted molar refractivity (Wildman–Crippen MR) is 89.3 cm³/mol. The van der Waals surface area contributed by atoms with Gasteiger partial charge in [-0.15, -0.1) is 0 Å². The van der Waals surface area contributed by atoms with Crippen LogP contribution in [-0.4, -0.2) is 22.6 Å². The second-order valence-corrected chi connectivity index (χ2v) is 6.90. The number of nitrogens with one attached hydrogen (secondary N) is 2. The van der Waals surface area contributed by atoms with E-state index in [2.05, 4.69) is 40.1 Å². The van der Waals surface area contributed by atoms with Gasteiger partial charge in [0.1, 0.15) is 5.54 Å². The van der Waals surface area contributed by atoms with Crippen LogP contribution in [0.5, 0.6) is 0 Å². The minimum absolute atomic E-state index is 0.465. The molecule has 1 aromatic carbocycles. The Labute approximate surface area is 137 Å². The number of amides is 2. The van der Waals surface area contributed by atoms with Crippen LogP contribution in [-0.2, 0) is 4.79 Å². The number of hydrogen-bond acceptors (Lipinski definition) is 2. The fourth-order valence-corrected chi connectivity index (χ4v) is 2.92. The predicted octanol–water partition coefficient (Wildman–Crippen LogP) is 3.45. The highest BCUT2D eigenvalue weighted by atomic mass is 127. The lowest BCUT2D eigenvalue weighted by atomic mass is 9.77. The highest BCUT2D eigenvalue weighted by Crippen LogP contribution is 2.32. The minimum Gasteiger partial charge on any atom is -0.480 e. The number of carboxylic acids is 1. The van der Waals surface area contributed by atoms with E-state index in [1.165, 1.54) is 0 Å². The summed E-state index contributed by atoms with van der Waals surface area (Å²) in [5, 5.41) is 14.8. The monoisotopic (exact) mass is 402 g/mol. The Morgan fingerprint density at radius 2 is 1.81 bits per heavy atom. The Hall–Kier alpha value is -1.31. The molecule has 0 bridgehead atoms. The third-order valence-electron chi connectivity index (χ3n) is 3.99. The number of carbonyl (C=O) groups is 2. The second-order valence-electron chi connectivity index (χ2n) is 5.66. The lowest BCUT2D eigenvalue weighted by molar-refractivity contribution is -0.146. The molecule has 0 aromatic heterocycles. The van der Waals surface area contributed by atoms with Crippen LogP contribution in [0.4, 0.5) is 10.5 Å². The van der Waals surface area contributed by atoms with Gasteiger partial charge in [-0.1, -0.05) is 6.92 Å². The molecule has 1 saturated carbocycles. The number of carbonyl (C=O) groups excluding carboxylic acids is 1. The van der Waals surface area contributed by atoms with Crippen molar-refractivity contribution in [2.75, 3.05) is 5.32 Å². The molecule has 5 nitrogen and oxygen atoms in total. The first-order chi connectivity index (χ1) is 9.91. The van der Waals surface area contributed by atoms with Gasteiger partial charge in [0.2, 0.25) is 0 Å². The topological polar surface area (TPSA) is 78.4 Å². The van der Waals surface area contributed by atoms with E-state index < -0.39 is 17.5 Å². The Morgan fingerprint density at radius 1 is 1.24 bits per heavy atom. The summed E-state index contributed by atoms with van der Waals surface area (Å²) in [7, 11) is 0. The van der Waals surface area contributed by atoms with Gasteiger partial charge in [-0.25, -0.2) is 9.59 Å². The number of benzene rings is 1. The van der Waals surface area contributed by atoms with Crippen molar-refractivity contribution in [3.63, 3.8) is 0 Å². The van der Waals surface area contributed by atoms with Gasteiger partial charge in [-0.2, -0.15) is 0 Å². The minimum atomic E-state index is -1.14. The summed E-state index contributed by atoms with van der Waals surface area (Å²) in [5.41, 5.74) is -0.489. The zero-order valence-corrected chi connectivity index (χ0v) is 14.0. The first kappa shape index (κ1) is 16.1. The van der Waals surface area contributed by atoms with E-state index >= 15 is 0 Å². The van der Waals surface area contributed by atoms with Gasteiger partial charge in [-0.05, 0) is 78.5 Å². The summed E-state index contributed by atoms with van der Waals surface area (Å²) in [5.74, 6) is -0.439. The molecule has 1 fully saturated rings. The quantitative estimate of drug-likeness (QED) is 0.678. The van der Waals surface area contributed by atoms with Crippen LogP contribution in [0.15, 0.2) is 24.3 Å². The van der Waals surface area contributed by atoms with Crippen molar-refractivity contribution in [1.29, 1.82) is 0 Å². The van der Waals surface area contributed by atoms with Gasteiger partial charge in [0, 0.05) is 9.26 Å². The first-order valence-electron chi connectivity index (χ1n) is 6.99. The molecule has 0 unspecified atom stereocenters. The normalized spacial score (nSPS) is 25.1. The Morgan fingerprint density at radius 3 is 2.33 bits per heavy atom. The molecule has 3 N–H and O–H groups in total. The SMILES string of the molecule is CC1CCC(NC(=O)Nc2ccc(I)cc2)(C(=O)O)CC1. The Kier molecular flexibility index (Phi) is 5.08. The van der Waals surface area contributed by atoms with Crippen LogP contribution in [0.3, 0.4) is 0 Å². The average Bonchev–Trinajstić information content (AvgIpc) is 2.44. The summed E-state index contributed by atoms with van der Waals surface area (Å²) in [6.45, 7) is 2.11. The highest BCUT2D eigenvalue weighted by molar-refractivity contribution is 14.1. The molecular weight excluding hydrogens is 383 g/mol. The van der Waals surface area contributed by atoms with Crippen LogP contribution < -0.4 is 10.6 Å². The van der Waals surface area contributed by atoms with Crippen molar-refractivity contribution in [2.45, 2.75) is 38.1 Å². The Balaban J connectivity index is 2.02. The number of halogens is 1. The number of carboxylic acid groups (broad SMARTS) is 1. The lowest BCUT2D eigenvalue weighted by Crippen LogP contribution is -2.57. The first-order valence-corrected chi connectivity index (χ1v) is 8.07. The van der Waals surface area contributed by atoms with Gasteiger partial charge >= 0.3 is 12.0 Å². The molecule has 0 atom stereocenters. The van der Waals surface area contributed by atoms with E-state index in [-0.39, 0.29) is 0 Å². The highest BCUT2D eigenvalue weighted by Gasteiger charge is 2.42. The Bertz CT molecular complexity index is 522. The molecule has 1 aliphatic carbocycles. The molecular formula is C15H19IN2O3. The fraction of sp³-hybridized carbons (Fsp3) is 0.467. The number of urea groups is 1. The molecule has 21 heavy (non-hydrogen) atoms. The third-order valence-corrected chi connectivity index (χ3v) is 4.71. The molecule has 2 amide bonds. The van der Waals surface area contributed by atoms with Crippen molar-refractivity contribution in [2.24, 2.45) is 5.92 Å². The summed E-state index contributed by atoms with van der Waals surface area (Å²) in [6, 6.07) is 6.87. The second kappa shape index (κ2) is 6.64. The van der Waals surface area contributed by atoms with E-state index in [4.69, 9.17) is 0 Å². The summed E-state index contributed by atoms with van der Waals surface area (Å²) < 4.78 is 1.07. The zero-order valence-electron chi connectivity index (χ0n) is 11.9. The standard InChI is InChI=1S/C15H19IN2O3/c1-10-6-8-15(9-7-10,13(19)20)18-14(21)17-12-4-2-11(16)3-5-12/h2-5,10H,6-9H2,1H3,(H,19,20)(H2,17,18,21). The zero-order chi connectivity index (χ0) is 15.5. The maximum Gasteiger partial charge on any atom is 0.329 e. The molecule has 2 rings (SSSR count). The van der Waals surface area contributed by atoms with E-state index in [9.17, 15) is 14.7 Å². The van der Waals surface area contributed by atoms with Crippen molar-refractivity contribution < 1.29 is 14.7 Å². The molecule has 0 radical (unpaired) electrons. The van der Waals surface area contributed by atoms with Crippen LogP contribution in [0.2, 0.25) is 0 Å². The van der Waals surface area contributed by atoms with Crippen molar-refractivity contribution in [1.82, 2.24) is 5.32 Å². The molecule has 6 heteroatoms. The van der Waals surface area contributed by atoms with Gasteiger partial charge in [0.15, 0.2) is 0 Å². The van der Waals surface area contributed by atoms with Crippen LogP contribution >= 0.6 is 22.6 Å². The molecule has 0 spiro atoms. The summed E-state index contributed by atoms with van der Waals surface area (Å²) in [6.07, 6.45) is 2.58. The maximum absolute atomic E-state index is 12.1. The van der Waals surface area contributed by atoms with Gasteiger partial charge in [0.25, 0.3) is 0 Å². The summed E-state index contributed by atoms with van der Waals surface area (Å²) in [4.78, 5) is 23.6. The van der Waals surface area contributed by atoms with Crippen LogP contribution in [0.25, 0.3) is 0 Å². The maximum atomic E-state index is 12.1. The molecule has 0 heterocycles. The van der Waals surface area contributed by atoms with E-state index in [1.807, 2.05) is 12.1 Å². The average molecular weight is 402 g/mol. The molecule has 114 valence electrons. The molecule has 0 saturated heterocycles. The molecule has 0 aliphatic heterocycles. The van der Waals surface area contributed by atoms with Crippen molar-refractivity contribution in [3.05, 3.63) is 27.8 Å². The number of hydrogen-bond donors (Lipinski definition) is 3. The van der Waals surface area contributed by atoms with E-state index in [0.717, 1.165) is 16.4 Å². The lowest BCUT2D eigenvalue weighted by Gasteiger charge is -2.36. The van der Waals surface area contributed by atoms with Gasteiger partial charge < -0.3 is 15.7 Å². The molecule has 1 aliphatic rings. The van der Waals surface area contributed by atoms with Crippen molar-refractivity contribution >= 4 is 40.3 Å². The van der Waals surface area contributed by atoms with Crippen LogP contribution in [0, 0.1) is 9.49 Å². The molecule has 1 aromatic rings. The third kappa shape index (κ3) is 4.09. The van der Waals surface area contributed by atoms with E-state index in [0.29, 0.717) is 24.4 Å². The number of anilines is 1. The van der Waals surface area contributed by atoms with Gasteiger partial charge in [0.05, 0.1) is 0 Å². The smallest absolute Gasteiger partial charge is 0.329 e. The number of rotatable bonds is 3. The number of aliphatic carboxylic acids is 1.